The first-order valence-electron chi connectivity index (χ1n) is 39.7. The lowest BCUT2D eigenvalue weighted by molar-refractivity contribution is 0.0975. The number of aromatic nitrogens is 3. The minimum Gasteiger partial charge on any atom is -0.383 e. The highest BCUT2D eigenvalue weighted by atomic mass is 32.2. The molecule has 1 saturated heterocycles. The van der Waals surface area contributed by atoms with Crippen LogP contribution >= 0.6 is 34.0 Å². The van der Waals surface area contributed by atoms with Crippen molar-refractivity contribution in [2.45, 2.75) is 58.4 Å². The maximum atomic E-state index is 16.5. The second-order valence-corrected chi connectivity index (χ2v) is 38.7. The third kappa shape index (κ3) is 16.6. The number of carbonyl (C=O) groups is 6. The van der Waals surface area contributed by atoms with Crippen LogP contribution < -0.4 is 46.2 Å². The summed E-state index contributed by atoms with van der Waals surface area (Å²) in [6, 6.07) is 51.4. The Hall–Kier alpha value is -12.3. The largest absolute Gasteiger partial charge is 0.383 e. The number of sulfone groups is 2. The van der Waals surface area contributed by atoms with Crippen LogP contribution in [0.15, 0.2) is 182 Å². The minimum atomic E-state index is -3.40. The number of para-hydroxylation sites is 4. The van der Waals surface area contributed by atoms with Gasteiger partial charge < -0.3 is 50.9 Å². The van der Waals surface area contributed by atoms with Crippen LogP contribution in [0.4, 0.5) is 64.7 Å². The van der Waals surface area contributed by atoms with Crippen molar-refractivity contribution in [1.29, 1.82) is 0 Å². The summed E-state index contributed by atoms with van der Waals surface area (Å²) < 4.78 is 103. The molecule has 31 heteroatoms. The van der Waals surface area contributed by atoms with E-state index in [0.29, 0.717) is 109 Å². The Morgan fingerprint density at radius 2 is 0.975 bits per heavy atom. The maximum Gasteiger partial charge on any atom is 0.276 e. The molecule has 4 aliphatic heterocycles. The molecule has 0 radical (unpaired) electrons. The van der Waals surface area contributed by atoms with Crippen molar-refractivity contribution in [3.05, 3.63) is 270 Å². The fourth-order valence-corrected chi connectivity index (χ4v) is 21.6. The van der Waals surface area contributed by atoms with Crippen LogP contribution in [0.3, 0.4) is 0 Å². The minimum absolute atomic E-state index is 0.0255. The first-order valence-corrected chi connectivity index (χ1v) is 46.0. The van der Waals surface area contributed by atoms with Crippen molar-refractivity contribution >= 4 is 141 Å². The van der Waals surface area contributed by atoms with E-state index in [0.717, 1.165) is 48.7 Å². The summed E-state index contributed by atoms with van der Waals surface area (Å²) in [5.74, 6) is -3.99. The van der Waals surface area contributed by atoms with Crippen molar-refractivity contribution < 1.29 is 63.5 Å². The maximum absolute atomic E-state index is 16.5. The number of nitrogens with one attached hydrogen (secondary N) is 5. The highest BCUT2D eigenvalue weighted by Gasteiger charge is 2.45. The Labute approximate surface area is 713 Å². The number of pyridine rings is 3. The topological polar surface area (TPSA) is 292 Å². The molecular formula is C91H81F3N12O11S5. The van der Waals surface area contributed by atoms with Crippen molar-refractivity contribution in [2.24, 2.45) is 5.92 Å². The van der Waals surface area contributed by atoms with Gasteiger partial charge in [-0.3, -0.25) is 28.8 Å². The summed E-state index contributed by atoms with van der Waals surface area (Å²) in [6.07, 6.45) is 2.95. The Balaban J connectivity index is 0.555. The molecule has 6 amide bonds. The van der Waals surface area contributed by atoms with Gasteiger partial charge in [-0.1, -0.05) is 91.0 Å². The van der Waals surface area contributed by atoms with Gasteiger partial charge in [0.2, 0.25) is 0 Å². The molecule has 622 valence electrons. The molecule has 2 fully saturated rings. The summed E-state index contributed by atoms with van der Waals surface area (Å²) in [5.41, 5.74) is 10.0. The molecule has 6 aromatic carbocycles. The number of thiophene rings is 3. The summed E-state index contributed by atoms with van der Waals surface area (Å²) in [4.78, 5) is 111. The molecule has 3 atom stereocenters. The summed E-state index contributed by atoms with van der Waals surface area (Å²) in [7, 11) is -5.02. The molecule has 3 unspecified atom stereocenters. The van der Waals surface area contributed by atoms with E-state index < -0.39 is 60.8 Å². The van der Waals surface area contributed by atoms with Gasteiger partial charge >= 0.3 is 0 Å². The first-order chi connectivity index (χ1) is 58.7. The fourth-order valence-electron chi connectivity index (χ4n) is 16.5. The van der Waals surface area contributed by atoms with Crippen LogP contribution in [0, 0.1) is 44.1 Å². The van der Waals surface area contributed by atoms with Crippen LogP contribution in [-0.4, -0.2) is 150 Å². The highest BCUT2D eigenvalue weighted by Crippen LogP contribution is 2.52. The number of anilines is 9. The molecule has 1 saturated carbocycles. The molecule has 12 aromatic rings. The zero-order valence-corrected chi connectivity index (χ0v) is 70.8. The lowest BCUT2D eigenvalue weighted by Gasteiger charge is -2.30. The Kier molecular flexibility index (Phi) is 22.6. The summed E-state index contributed by atoms with van der Waals surface area (Å²) in [6.45, 7) is 6.34. The molecule has 17 rings (SSSR count). The summed E-state index contributed by atoms with van der Waals surface area (Å²) in [5, 5.41) is 15.0. The molecular weight excluding hydrogens is 1650 g/mol. The highest BCUT2D eigenvalue weighted by molar-refractivity contribution is 7.91. The molecule has 5 aliphatic rings. The molecule has 122 heavy (non-hydrogen) atoms. The van der Waals surface area contributed by atoms with Crippen LogP contribution in [0.25, 0.3) is 42.4 Å². The van der Waals surface area contributed by atoms with Crippen LogP contribution in [-0.2, 0) is 43.7 Å². The average Bonchev–Trinajstić information content (AvgIpc) is 1.60. The predicted molar refractivity (Wildman–Crippen MR) is 474 cm³/mol. The lowest BCUT2D eigenvalue weighted by atomic mass is 9.98. The number of aryl methyl sites for hydroxylation is 2. The zero-order chi connectivity index (χ0) is 85.2. The number of benzene rings is 6. The molecule has 6 aromatic heterocycles. The number of halogens is 3. The zero-order valence-electron chi connectivity index (χ0n) is 66.7. The quantitative estimate of drug-likeness (QED) is 0.0447. The number of ether oxygens (including phenoxy) is 1. The van der Waals surface area contributed by atoms with Crippen LogP contribution in [0.5, 0.6) is 0 Å². The molecule has 1 aliphatic carbocycles. The van der Waals surface area contributed by atoms with Gasteiger partial charge in [0.25, 0.3) is 35.4 Å². The van der Waals surface area contributed by atoms with Crippen molar-refractivity contribution in [3.8, 4) is 42.4 Å². The third-order valence-corrected chi connectivity index (χ3v) is 29.0. The first kappa shape index (κ1) is 82.1. The third-order valence-electron chi connectivity index (χ3n) is 22.8. The number of nitrogens with zero attached hydrogens (tertiary/aromatic N) is 7. The van der Waals surface area contributed by atoms with Crippen molar-refractivity contribution in [2.75, 3.05) is 123 Å². The molecule has 23 nitrogen and oxygen atoms in total. The van der Waals surface area contributed by atoms with Gasteiger partial charge in [-0.2, -0.15) is 0 Å². The van der Waals surface area contributed by atoms with E-state index in [2.05, 4.69) is 31.6 Å². The number of amides is 6. The van der Waals surface area contributed by atoms with Gasteiger partial charge in [0.05, 0.1) is 78.7 Å². The van der Waals surface area contributed by atoms with Crippen molar-refractivity contribution in [1.82, 2.24) is 15.0 Å². The molecule has 0 bridgehead atoms. The number of carbonyl (C=O) groups excluding carboxylic acids is 6. The second-order valence-electron chi connectivity index (χ2n) is 30.9. The van der Waals surface area contributed by atoms with Crippen LogP contribution in [0.2, 0.25) is 0 Å². The van der Waals surface area contributed by atoms with Gasteiger partial charge in [0.1, 0.15) is 61.8 Å². The Morgan fingerprint density at radius 1 is 0.508 bits per heavy atom. The number of fused-ring (bicyclic) bond motifs is 9. The van der Waals surface area contributed by atoms with Gasteiger partial charge in [-0.15, -0.1) is 34.0 Å². The SMILES string of the molecule is COCC(Nc1cccc(C(=O)N2CCc3cc(C(=O)Nc4c(F)ccc(-c5ccc(C(=O)N6CCc7cc(C(=O)Nc8c(C)cccc8F)sc7-c7ccccc76)nc5N5CCS(=O)(=O)CC5)c4C)sc3-c3ccccc32)n1)C1CC1c1cc(C)c(NC(=O)c2cc3c(s2)-c2ccccc2N(C(=O)c2cccc(NCCS(C)(=O)=O)n2)CC3)c(F)c1. The lowest BCUT2D eigenvalue weighted by Crippen LogP contribution is -2.41. The van der Waals surface area contributed by atoms with E-state index in [9.17, 15) is 45.2 Å². The van der Waals surface area contributed by atoms with Gasteiger partial charge in [-0.25, -0.2) is 45.0 Å². The smallest absolute Gasteiger partial charge is 0.276 e. The Bertz CT molecular complexity index is 6480. The van der Waals surface area contributed by atoms with Gasteiger partial charge in [0, 0.05) is 89.5 Å². The van der Waals surface area contributed by atoms with E-state index in [4.69, 9.17) is 14.7 Å². The fraction of sp³-hybridized carbons (Fsp3) is 0.242. The number of hydrogen-bond acceptors (Lipinski definition) is 20. The van der Waals surface area contributed by atoms with Crippen molar-refractivity contribution in [3.63, 3.8) is 0 Å². The number of methoxy groups -OCH3 is 1. The second kappa shape index (κ2) is 33.6. The molecule has 5 N–H and O–H groups in total. The van der Waals surface area contributed by atoms with E-state index in [1.807, 2.05) is 78.9 Å². The van der Waals surface area contributed by atoms with E-state index in [1.54, 1.807) is 132 Å². The standard InChI is InChI=1S/C91H81F3N12O11S5/c1-50-15-12-19-64(92)79(50)100-86(107)74-45-54-33-37-106(73-24-11-8-18-61(73)83(54)118-74)91(112)69-30-28-58(85(99-69)103-38-41-122(115,116)42-39-103)57-27-29-65(93)81(52(57)3)102-88(109)76-47-55-32-36-105(72-23-10-7-17-60(72)84(55)120-76)90(111)68-21-14-26-78(97-68)98-70(49-117-4)63-48-62(63)56-43-51(2)80(66(94)44-56)101-87(108)75-46-53-31-35-104(71-22-9-6-16-59(71)82(53)119-75)89(110)67-20-13-25-77(96-67)95-34-40-121(5,113)114/h6-30,43-47,62-63,70H,31-42,48-49H2,1-5H3,(H,95,96)(H,97,98)(H,100,107)(H,101,108)(H,102,109). The normalized spacial score (nSPS) is 15.9. The molecule has 0 spiro atoms. The Morgan fingerprint density at radius 3 is 1.48 bits per heavy atom. The van der Waals surface area contributed by atoms with Gasteiger partial charge in [0.15, 0.2) is 9.84 Å². The van der Waals surface area contributed by atoms with E-state index in [1.165, 1.54) is 52.2 Å². The molecule has 10 heterocycles. The van der Waals surface area contributed by atoms with E-state index in [-0.39, 0.29) is 132 Å². The monoisotopic (exact) mass is 1730 g/mol. The average molecular weight is 1740 g/mol. The number of hydrogen-bond donors (Lipinski definition) is 5. The summed E-state index contributed by atoms with van der Waals surface area (Å²) >= 11 is 3.71. The van der Waals surface area contributed by atoms with E-state index >= 15 is 13.6 Å². The predicted octanol–water partition coefficient (Wildman–Crippen LogP) is 16.4. The van der Waals surface area contributed by atoms with Crippen LogP contribution in [0.1, 0.15) is 112 Å². The number of rotatable bonds is 21. The van der Waals surface area contributed by atoms with Gasteiger partial charge in [-0.05, 0) is 194 Å².